The van der Waals surface area contributed by atoms with Crippen molar-refractivity contribution in [2.24, 2.45) is 0 Å². The molecule has 0 fully saturated rings. The number of nitrogens with zero attached hydrogens (tertiary/aromatic N) is 3. The van der Waals surface area contributed by atoms with E-state index < -0.39 is 0 Å². The number of anilines is 3. The van der Waals surface area contributed by atoms with Crippen molar-refractivity contribution < 1.29 is 0 Å². The molecule has 0 amide bonds. The molecule has 0 saturated carbocycles. The van der Waals surface area contributed by atoms with Gasteiger partial charge in [0.1, 0.15) is 0 Å². The molecule has 0 aliphatic rings. The van der Waals surface area contributed by atoms with Gasteiger partial charge in [0.05, 0.1) is 22.1 Å². The van der Waals surface area contributed by atoms with E-state index in [4.69, 9.17) is 0 Å². The number of para-hydroxylation sites is 3. The Labute approximate surface area is 376 Å². The normalized spacial score (nSPS) is 11.7. The lowest BCUT2D eigenvalue weighted by atomic mass is 9.91. The molecule has 0 aliphatic carbocycles. The number of fused-ring (bicyclic) bond motifs is 9. The molecule has 13 rings (SSSR count). The van der Waals surface area contributed by atoms with Crippen LogP contribution in [0.1, 0.15) is 0 Å². The number of rotatable bonds is 7. The quantitative estimate of drug-likeness (QED) is 0.156. The lowest BCUT2D eigenvalue weighted by Crippen LogP contribution is -2.10. The number of hydrogen-bond donors (Lipinski definition) is 0. The summed E-state index contributed by atoms with van der Waals surface area (Å²) in [4.78, 5) is 2.43. The van der Waals surface area contributed by atoms with Gasteiger partial charge in [0.15, 0.2) is 0 Å². The van der Waals surface area contributed by atoms with Gasteiger partial charge in [0.2, 0.25) is 0 Å². The summed E-state index contributed by atoms with van der Waals surface area (Å²) in [5.41, 5.74) is 15.0. The number of hydrogen-bond acceptors (Lipinski definition) is 1. The summed E-state index contributed by atoms with van der Waals surface area (Å²) in [6, 6.07) is 90.8. The van der Waals surface area contributed by atoms with Crippen LogP contribution in [-0.4, -0.2) is 9.13 Å². The van der Waals surface area contributed by atoms with Gasteiger partial charge in [0.25, 0.3) is 0 Å². The van der Waals surface area contributed by atoms with Crippen LogP contribution in [0.5, 0.6) is 0 Å². The lowest BCUT2D eigenvalue weighted by Gasteiger charge is -2.26. The van der Waals surface area contributed by atoms with Gasteiger partial charge in [-0.15, -0.1) is 0 Å². The van der Waals surface area contributed by atoms with E-state index in [-0.39, 0.29) is 0 Å². The van der Waals surface area contributed by atoms with Crippen molar-refractivity contribution in [3.8, 4) is 33.6 Å². The van der Waals surface area contributed by atoms with E-state index in [1.54, 1.807) is 0 Å². The van der Waals surface area contributed by atoms with Crippen LogP contribution in [0.15, 0.2) is 249 Å². The third-order valence-corrected chi connectivity index (χ3v) is 13.3. The molecule has 11 aromatic carbocycles. The van der Waals surface area contributed by atoms with Gasteiger partial charge in [-0.05, 0) is 117 Å². The minimum atomic E-state index is 1.08. The summed E-state index contributed by atoms with van der Waals surface area (Å²) in [6.07, 6.45) is 0. The van der Waals surface area contributed by atoms with E-state index in [1.165, 1.54) is 76.4 Å². The molecule has 2 heterocycles. The summed E-state index contributed by atoms with van der Waals surface area (Å²) >= 11 is 0. The topological polar surface area (TPSA) is 13.1 Å². The summed E-state index contributed by atoms with van der Waals surface area (Å²) in [5, 5.41) is 9.94. The average Bonchev–Trinajstić information content (AvgIpc) is 3.89. The fourth-order valence-electron chi connectivity index (χ4n) is 10.4. The number of aromatic nitrogens is 2. The highest BCUT2D eigenvalue weighted by atomic mass is 15.1. The average molecular weight is 828 g/mol. The van der Waals surface area contributed by atoms with Crippen LogP contribution in [0.25, 0.3) is 98.8 Å². The fraction of sp³-hybridized carbons (Fsp3) is 0. The lowest BCUT2D eigenvalue weighted by molar-refractivity contribution is 1.17. The highest BCUT2D eigenvalue weighted by Gasteiger charge is 2.21. The molecule has 0 unspecified atom stereocenters. The van der Waals surface area contributed by atoms with Crippen LogP contribution in [0.4, 0.5) is 17.1 Å². The fourth-order valence-corrected chi connectivity index (χ4v) is 10.4. The summed E-state index contributed by atoms with van der Waals surface area (Å²) in [6.45, 7) is 0. The molecule has 65 heavy (non-hydrogen) atoms. The first-order valence-corrected chi connectivity index (χ1v) is 22.3. The van der Waals surface area contributed by atoms with Crippen molar-refractivity contribution in [3.05, 3.63) is 249 Å². The SMILES string of the molecule is c1ccc(-c2cccc3cccc(-c4ccc(N(c5ccc6c7ccccc7n(-c7ccccc7)c6c5)c5ccc6c7c8ccccc8ccc7n(-c7ccccc7)c6c5)cc4)c23)cc1. The molecule has 3 nitrogen and oxygen atoms in total. The smallest absolute Gasteiger partial charge is 0.0562 e. The van der Waals surface area contributed by atoms with Crippen molar-refractivity contribution in [1.82, 2.24) is 9.13 Å². The minimum absolute atomic E-state index is 1.08. The molecule has 13 aromatic rings. The Hall–Kier alpha value is -8.66. The van der Waals surface area contributed by atoms with Crippen molar-refractivity contribution in [2.75, 3.05) is 4.90 Å². The van der Waals surface area contributed by atoms with Crippen LogP contribution in [-0.2, 0) is 0 Å². The van der Waals surface area contributed by atoms with Crippen LogP contribution in [0.2, 0.25) is 0 Å². The molecule has 304 valence electrons. The van der Waals surface area contributed by atoms with Crippen LogP contribution in [0, 0.1) is 0 Å². The van der Waals surface area contributed by atoms with E-state index in [1.807, 2.05) is 0 Å². The summed E-state index contributed by atoms with van der Waals surface area (Å²) < 4.78 is 4.84. The molecule has 0 N–H and O–H groups in total. The Bertz CT molecular complexity index is 3910. The first-order chi connectivity index (χ1) is 32.3. The Morgan fingerprint density at radius 3 is 1.43 bits per heavy atom. The van der Waals surface area contributed by atoms with Crippen LogP contribution >= 0.6 is 0 Å². The molecule has 0 saturated heterocycles. The minimum Gasteiger partial charge on any atom is -0.310 e. The first-order valence-electron chi connectivity index (χ1n) is 22.3. The van der Waals surface area contributed by atoms with E-state index in [0.717, 1.165) is 39.5 Å². The van der Waals surface area contributed by atoms with E-state index >= 15 is 0 Å². The van der Waals surface area contributed by atoms with Crippen molar-refractivity contribution >= 4 is 82.2 Å². The van der Waals surface area contributed by atoms with Gasteiger partial charge >= 0.3 is 0 Å². The molecule has 2 aromatic heterocycles. The van der Waals surface area contributed by atoms with E-state index in [9.17, 15) is 0 Å². The Balaban J connectivity index is 1.05. The summed E-state index contributed by atoms with van der Waals surface area (Å²) in [7, 11) is 0. The molecule has 0 spiro atoms. The standard InChI is InChI=1S/C62H41N3/c1-4-16-42(17-5-1)51-27-14-19-45-20-15-28-52(61(45)51)44-30-33-48(34-31-44)63(49-35-37-55-54-26-12-13-29-57(54)64(59(55)40-49)46-21-6-2-7-22-46)50-36-38-56-60(41-50)65(47-23-8-3-9-24-47)58-39-32-43-18-10-11-25-53(43)62(56)58/h1-41H. The molecule has 0 radical (unpaired) electrons. The summed E-state index contributed by atoms with van der Waals surface area (Å²) in [5.74, 6) is 0. The Kier molecular flexibility index (Phi) is 8.53. The highest BCUT2D eigenvalue weighted by Crippen LogP contribution is 2.44. The molecular formula is C62H41N3. The first kappa shape index (κ1) is 36.9. The molecule has 3 heteroatoms. The van der Waals surface area contributed by atoms with Gasteiger partial charge in [-0.25, -0.2) is 0 Å². The molecule has 0 aliphatic heterocycles. The zero-order chi connectivity index (χ0) is 42.8. The van der Waals surface area contributed by atoms with Gasteiger partial charge in [0, 0.05) is 50.0 Å². The van der Waals surface area contributed by atoms with Gasteiger partial charge in [-0.1, -0.05) is 176 Å². The van der Waals surface area contributed by atoms with Crippen molar-refractivity contribution in [3.63, 3.8) is 0 Å². The maximum atomic E-state index is 2.43. The van der Waals surface area contributed by atoms with Gasteiger partial charge < -0.3 is 14.0 Å². The largest absolute Gasteiger partial charge is 0.310 e. The van der Waals surface area contributed by atoms with E-state index in [2.05, 4.69) is 263 Å². The van der Waals surface area contributed by atoms with Crippen LogP contribution < -0.4 is 4.90 Å². The zero-order valence-corrected chi connectivity index (χ0v) is 35.5. The Morgan fingerprint density at radius 2 is 0.754 bits per heavy atom. The number of benzene rings is 11. The zero-order valence-electron chi connectivity index (χ0n) is 35.5. The van der Waals surface area contributed by atoms with Gasteiger partial charge in [-0.3, -0.25) is 0 Å². The van der Waals surface area contributed by atoms with E-state index in [0.29, 0.717) is 0 Å². The predicted molar refractivity (Wildman–Crippen MR) is 276 cm³/mol. The second kappa shape index (κ2) is 15.0. The monoisotopic (exact) mass is 827 g/mol. The third-order valence-electron chi connectivity index (χ3n) is 13.3. The Morgan fingerprint density at radius 1 is 0.262 bits per heavy atom. The second-order valence-corrected chi connectivity index (χ2v) is 16.9. The molecule has 0 atom stereocenters. The van der Waals surface area contributed by atoms with Crippen molar-refractivity contribution in [2.45, 2.75) is 0 Å². The maximum Gasteiger partial charge on any atom is 0.0562 e. The molecular weight excluding hydrogens is 787 g/mol. The highest BCUT2D eigenvalue weighted by molar-refractivity contribution is 6.22. The second-order valence-electron chi connectivity index (χ2n) is 16.9. The third kappa shape index (κ3) is 5.97. The van der Waals surface area contributed by atoms with Crippen LogP contribution in [0.3, 0.4) is 0 Å². The van der Waals surface area contributed by atoms with Crippen molar-refractivity contribution in [1.29, 1.82) is 0 Å². The maximum absolute atomic E-state index is 2.43. The molecule has 0 bridgehead atoms. The van der Waals surface area contributed by atoms with Gasteiger partial charge in [-0.2, -0.15) is 0 Å². The predicted octanol–water partition coefficient (Wildman–Crippen LogP) is 17.0.